The van der Waals surface area contributed by atoms with E-state index in [1.165, 1.54) is 12.1 Å². The number of aliphatic hydroxyl groups excluding tert-OH is 1. The summed E-state index contributed by atoms with van der Waals surface area (Å²) in [5, 5.41) is 10.3. The van der Waals surface area contributed by atoms with E-state index in [-0.39, 0.29) is 16.5 Å². The summed E-state index contributed by atoms with van der Waals surface area (Å²) >= 11 is 6.48. The van der Waals surface area contributed by atoms with Crippen molar-refractivity contribution in [1.82, 2.24) is 0 Å². The predicted octanol–water partition coefficient (Wildman–Crippen LogP) is 5.38. The minimum Gasteiger partial charge on any atom is -0.388 e. The summed E-state index contributed by atoms with van der Waals surface area (Å²) in [5.41, 5.74) is 2.47. The fraction of sp³-hybridized carbons (Fsp3) is 0.250. The average molecular weight is 420 g/mol. The number of rotatable bonds is 3. The first-order valence-corrected chi connectivity index (χ1v) is 7.97. The smallest absolute Gasteiger partial charge is 0.143 e. The van der Waals surface area contributed by atoms with E-state index >= 15 is 0 Å². The zero-order chi connectivity index (χ0) is 15.7. The van der Waals surface area contributed by atoms with E-state index in [1.54, 1.807) is 0 Å². The third kappa shape index (κ3) is 3.52. The standard InChI is InChI=1S/C16H14Br2F2O/c1-8-5-10(6-9(2)15(8)18)14(21)7-11-13(19)4-3-12(17)16(11)20/h3-6,14,21H,7H2,1-2H3. The molecule has 1 nitrogen and oxygen atoms in total. The van der Waals surface area contributed by atoms with Crippen molar-refractivity contribution in [3.8, 4) is 0 Å². The van der Waals surface area contributed by atoms with E-state index in [0.717, 1.165) is 15.6 Å². The molecule has 0 aliphatic carbocycles. The molecule has 1 atom stereocenters. The largest absolute Gasteiger partial charge is 0.388 e. The Bertz CT molecular complexity index is 663. The summed E-state index contributed by atoms with van der Waals surface area (Å²) < 4.78 is 28.9. The predicted molar refractivity (Wildman–Crippen MR) is 86.3 cm³/mol. The van der Waals surface area contributed by atoms with Crippen LogP contribution >= 0.6 is 31.9 Å². The van der Waals surface area contributed by atoms with Gasteiger partial charge in [-0.15, -0.1) is 0 Å². The van der Waals surface area contributed by atoms with Crippen LogP contribution in [0.1, 0.15) is 28.4 Å². The minimum atomic E-state index is -0.964. The molecule has 0 aliphatic rings. The Labute approximate surface area is 139 Å². The summed E-state index contributed by atoms with van der Waals surface area (Å²) in [6.07, 6.45) is -1.08. The Balaban J connectivity index is 2.35. The zero-order valence-electron chi connectivity index (χ0n) is 11.6. The van der Waals surface area contributed by atoms with Crippen LogP contribution in [0.3, 0.4) is 0 Å². The number of halogens is 4. The Morgan fingerprint density at radius 2 is 1.67 bits per heavy atom. The quantitative estimate of drug-likeness (QED) is 0.662. The second-order valence-electron chi connectivity index (χ2n) is 5.01. The minimum absolute atomic E-state index is 0.113. The second kappa shape index (κ2) is 6.55. The topological polar surface area (TPSA) is 20.2 Å². The molecule has 0 radical (unpaired) electrons. The van der Waals surface area contributed by atoms with Gasteiger partial charge in [-0.05, 0) is 58.6 Å². The summed E-state index contributed by atoms with van der Waals surface area (Å²) in [4.78, 5) is 0. The van der Waals surface area contributed by atoms with Crippen LogP contribution in [0, 0.1) is 25.5 Å². The molecular weight excluding hydrogens is 406 g/mol. The third-order valence-corrected chi connectivity index (χ3v) is 5.24. The second-order valence-corrected chi connectivity index (χ2v) is 6.66. The van der Waals surface area contributed by atoms with Gasteiger partial charge < -0.3 is 5.11 Å². The van der Waals surface area contributed by atoms with Crippen molar-refractivity contribution in [2.45, 2.75) is 26.4 Å². The molecule has 2 aromatic rings. The van der Waals surface area contributed by atoms with Gasteiger partial charge in [-0.1, -0.05) is 28.1 Å². The molecule has 21 heavy (non-hydrogen) atoms. The van der Waals surface area contributed by atoms with Gasteiger partial charge in [0.15, 0.2) is 0 Å². The van der Waals surface area contributed by atoms with Crippen LogP contribution in [0.2, 0.25) is 0 Å². The van der Waals surface area contributed by atoms with E-state index in [0.29, 0.717) is 5.56 Å². The van der Waals surface area contributed by atoms with E-state index in [4.69, 9.17) is 0 Å². The number of hydrogen-bond acceptors (Lipinski definition) is 1. The van der Waals surface area contributed by atoms with Gasteiger partial charge in [-0.25, -0.2) is 8.78 Å². The van der Waals surface area contributed by atoms with E-state index in [9.17, 15) is 13.9 Å². The summed E-state index contributed by atoms with van der Waals surface area (Å²) in [7, 11) is 0. The molecule has 2 rings (SSSR count). The number of benzene rings is 2. The van der Waals surface area contributed by atoms with Crippen molar-refractivity contribution in [3.63, 3.8) is 0 Å². The van der Waals surface area contributed by atoms with Crippen LogP contribution < -0.4 is 0 Å². The molecule has 0 amide bonds. The molecule has 0 heterocycles. The monoisotopic (exact) mass is 418 g/mol. The average Bonchev–Trinajstić information content (AvgIpc) is 2.44. The third-order valence-electron chi connectivity index (χ3n) is 3.38. The van der Waals surface area contributed by atoms with Crippen LogP contribution in [-0.2, 0) is 6.42 Å². The highest BCUT2D eigenvalue weighted by Crippen LogP contribution is 2.29. The summed E-state index contributed by atoms with van der Waals surface area (Å²) in [6, 6.07) is 6.13. The first kappa shape index (κ1) is 16.6. The summed E-state index contributed by atoms with van der Waals surface area (Å²) in [6.45, 7) is 3.82. The molecule has 0 aromatic heterocycles. The van der Waals surface area contributed by atoms with Gasteiger partial charge in [-0.2, -0.15) is 0 Å². The van der Waals surface area contributed by atoms with Crippen LogP contribution in [0.5, 0.6) is 0 Å². The molecule has 1 unspecified atom stereocenters. The van der Waals surface area contributed by atoms with Crippen molar-refractivity contribution in [3.05, 3.63) is 67.1 Å². The fourth-order valence-electron chi connectivity index (χ4n) is 2.24. The van der Waals surface area contributed by atoms with Crippen molar-refractivity contribution >= 4 is 31.9 Å². The first-order valence-electron chi connectivity index (χ1n) is 6.38. The number of aryl methyl sites for hydroxylation is 2. The molecule has 0 saturated heterocycles. The lowest BCUT2D eigenvalue weighted by Crippen LogP contribution is -2.07. The maximum Gasteiger partial charge on any atom is 0.143 e. The highest BCUT2D eigenvalue weighted by Gasteiger charge is 2.18. The Kier molecular flexibility index (Phi) is 5.17. The highest BCUT2D eigenvalue weighted by atomic mass is 79.9. The van der Waals surface area contributed by atoms with Crippen molar-refractivity contribution in [1.29, 1.82) is 0 Å². The van der Waals surface area contributed by atoms with Gasteiger partial charge in [0.25, 0.3) is 0 Å². The normalized spacial score (nSPS) is 12.5. The van der Waals surface area contributed by atoms with Crippen LogP contribution in [0.15, 0.2) is 33.2 Å². The molecule has 0 bridgehead atoms. The maximum absolute atomic E-state index is 14.0. The number of hydrogen-bond donors (Lipinski definition) is 1. The molecule has 0 spiro atoms. The lowest BCUT2D eigenvalue weighted by molar-refractivity contribution is 0.175. The maximum atomic E-state index is 14.0. The molecule has 5 heteroatoms. The van der Waals surface area contributed by atoms with Gasteiger partial charge in [0.2, 0.25) is 0 Å². The molecule has 2 aromatic carbocycles. The Hall–Kier alpha value is -0.780. The lowest BCUT2D eigenvalue weighted by atomic mass is 9.97. The zero-order valence-corrected chi connectivity index (χ0v) is 14.7. The van der Waals surface area contributed by atoms with Gasteiger partial charge >= 0.3 is 0 Å². The first-order chi connectivity index (χ1) is 9.81. The molecule has 112 valence electrons. The van der Waals surface area contributed by atoms with E-state index < -0.39 is 17.7 Å². The molecule has 0 saturated carbocycles. The number of aliphatic hydroxyl groups is 1. The van der Waals surface area contributed by atoms with Gasteiger partial charge in [0.05, 0.1) is 10.6 Å². The van der Waals surface area contributed by atoms with Crippen molar-refractivity contribution < 1.29 is 13.9 Å². The van der Waals surface area contributed by atoms with Crippen molar-refractivity contribution in [2.75, 3.05) is 0 Å². The van der Waals surface area contributed by atoms with Gasteiger partial charge in [-0.3, -0.25) is 0 Å². The van der Waals surface area contributed by atoms with Crippen LogP contribution in [0.4, 0.5) is 8.78 Å². The van der Waals surface area contributed by atoms with Gasteiger partial charge in [0, 0.05) is 16.5 Å². The van der Waals surface area contributed by atoms with E-state index in [1.807, 2.05) is 26.0 Å². The molecule has 0 aliphatic heterocycles. The highest BCUT2D eigenvalue weighted by molar-refractivity contribution is 9.10. The molecular formula is C16H14Br2F2O. The lowest BCUT2D eigenvalue weighted by Gasteiger charge is -2.15. The Morgan fingerprint density at radius 3 is 2.24 bits per heavy atom. The van der Waals surface area contributed by atoms with Crippen LogP contribution in [0.25, 0.3) is 0 Å². The Morgan fingerprint density at radius 1 is 1.10 bits per heavy atom. The van der Waals surface area contributed by atoms with Gasteiger partial charge in [0.1, 0.15) is 11.6 Å². The summed E-state index contributed by atoms with van der Waals surface area (Å²) in [5.74, 6) is -1.32. The van der Waals surface area contributed by atoms with Crippen LogP contribution in [-0.4, -0.2) is 5.11 Å². The van der Waals surface area contributed by atoms with Crippen molar-refractivity contribution in [2.24, 2.45) is 0 Å². The fourth-order valence-corrected chi connectivity index (χ4v) is 2.84. The molecule has 0 fully saturated rings. The SMILES string of the molecule is Cc1cc(C(O)Cc2c(F)ccc(Br)c2F)cc(C)c1Br. The van der Waals surface area contributed by atoms with E-state index in [2.05, 4.69) is 31.9 Å². The molecule has 1 N–H and O–H groups in total.